The highest BCUT2D eigenvalue weighted by Gasteiger charge is 2.33. The van der Waals surface area contributed by atoms with Gasteiger partial charge in [0.05, 0.1) is 22.9 Å². The lowest BCUT2D eigenvalue weighted by Gasteiger charge is -2.22. The number of amides is 2. The summed E-state index contributed by atoms with van der Waals surface area (Å²) in [5.41, 5.74) is -0.766. The van der Waals surface area contributed by atoms with Crippen LogP contribution in [-0.4, -0.2) is 35.2 Å². The Morgan fingerprint density at radius 1 is 1.43 bits per heavy atom. The molecule has 2 rings (SSSR count). The zero-order valence-electron chi connectivity index (χ0n) is 11.0. The number of hydrogen-bond acceptors (Lipinski definition) is 2. The highest BCUT2D eigenvalue weighted by atomic mass is 35.5. The van der Waals surface area contributed by atoms with Gasteiger partial charge in [-0.2, -0.15) is 13.2 Å². The summed E-state index contributed by atoms with van der Waals surface area (Å²) in [6.07, 6.45) is -2.77. The lowest BCUT2D eigenvalue weighted by molar-refractivity contribution is -0.137. The van der Waals surface area contributed by atoms with Crippen molar-refractivity contribution in [1.29, 1.82) is 0 Å². The summed E-state index contributed by atoms with van der Waals surface area (Å²) >= 11 is 5.77. The first-order chi connectivity index (χ1) is 9.82. The van der Waals surface area contributed by atoms with E-state index in [1.807, 2.05) is 0 Å². The molecular weight excluding hydrogens is 309 g/mol. The van der Waals surface area contributed by atoms with Gasteiger partial charge in [0.2, 0.25) is 0 Å². The Bertz CT molecular complexity index is 533. The van der Waals surface area contributed by atoms with E-state index in [0.29, 0.717) is 0 Å². The number of hydrogen-bond donors (Lipinski definition) is 2. The van der Waals surface area contributed by atoms with E-state index in [1.54, 1.807) is 0 Å². The van der Waals surface area contributed by atoms with Gasteiger partial charge < -0.3 is 15.3 Å². The number of nitrogens with zero attached hydrogens (tertiary/aromatic N) is 1. The first-order valence-corrected chi connectivity index (χ1v) is 6.76. The molecule has 1 aromatic carbocycles. The third kappa shape index (κ3) is 4.01. The van der Waals surface area contributed by atoms with Crippen molar-refractivity contribution in [2.75, 3.05) is 18.5 Å². The maximum Gasteiger partial charge on any atom is 0.416 e. The molecule has 0 atom stereocenters. The summed E-state index contributed by atoms with van der Waals surface area (Å²) in [6, 6.07) is 2.34. The fourth-order valence-corrected chi connectivity index (χ4v) is 2.15. The monoisotopic (exact) mass is 322 g/mol. The van der Waals surface area contributed by atoms with Crippen molar-refractivity contribution in [1.82, 2.24) is 4.90 Å². The van der Waals surface area contributed by atoms with E-state index in [1.165, 1.54) is 4.90 Å². The lowest BCUT2D eigenvalue weighted by atomic mass is 10.2. The predicted molar refractivity (Wildman–Crippen MR) is 72.3 cm³/mol. The number of benzene rings is 1. The molecule has 0 spiro atoms. The zero-order valence-corrected chi connectivity index (χ0v) is 11.7. The first-order valence-electron chi connectivity index (χ1n) is 6.38. The average Bonchev–Trinajstić information content (AvgIpc) is 3.21. The number of carbonyl (C=O) groups is 1. The summed E-state index contributed by atoms with van der Waals surface area (Å²) in [5, 5.41) is 11.2. The van der Waals surface area contributed by atoms with Crippen molar-refractivity contribution >= 4 is 23.3 Å². The molecule has 0 radical (unpaired) electrons. The quantitative estimate of drug-likeness (QED) is 0.893. The van der Waals surface area contributed by atoms with Crippen LogP contribution in [0.1, 0.15) is 18.4 Å². The van der Waals surface area contributed by atoms with E-state index >= 15 is 0 Å². The zero-order chi connectivity index (χ0) is 15.6. The highest BCUT2D eigenvalue weighted by molar-refractivity contribution is 6.33. The van der Waals surface area contributed by atoms with Crippen molar-refractivity contribution in [3.63, 3.8) is 0 Å². The second-order valence-electron chi connectivity index (χ2n) is 4.77. The van der Waals surface area contributed by atoms with Crippen molar-refractivity contribution in [2.24, 2.45) is 0 Å². The summed E-state index contributed by atoms with van der Waals surface area (Å²) in [5.74, 6) is 0. The van der Waals surface area contributed by atoms with Crippen molar-refractivity contribution in [3.8, 4) is 0 Å². The smallest absolute Gasteiger partial charge is 0.395 e. The molecule has 1 aromatic rings. The van der Waals surface area contributed by atoms with Gasteiger partial charge in [-0.15, -0.1) is 0 Å². The van der Waals surface area contributed by atoms with E-state index in [-0.39, 0.29) is 29.9 Å². The number of aliphatic hydroxyl groups is 1. The third-order valence-electron chi connectivity index (χ3n) is 3.13. The molecule has 0 unspecified atom stereocenters. The summed E-state index contributed by atoms with van der Waals surface area (Å²) in [7, 11) is 0. The predicted octanol–water partition coefficient (Wildman–Crippen LogP) is 3.35. The molecule has 4 nitrogen and oxygen atoms in total. The summed E-state index contributed by atoms with van der Waals surface area (Å²) < 4.78 is 37.6. The molecule has 2 N–H and O–H groups in total. The molecule has 1 aliphatic rings. The van der Waals surface area contributed by atoms with Crippen molar-refractivity contribution in [3.05, 3.63) is 28.8 Å². The van der Waals surface area contributed by atoms with E-state index < -0.39 is 17.8 Å². The molecule has 0 saturated heterocycles. The van der Waals surface area contributed by atoms with Crippen LogP contribution in [0.15, 0.2) is 18.2 Å². The molecule has 21 heavy (non-hydrogen) atoms. The normalized spacial score (nSPS) is 14.9. The van der Waals surface area contributed by atoms with Crippen LogP contribution in [0.3, 0.4) is 0 Å². The molecule has 0 aliphatic heterocycles. The Hall–Kier alpha value is -1.47. The standard InChI is InChI=1S/C13H14ClF3N2O2/c14-10-7-8(13(15,16)17)1-4-11(10)18-12(21)19(5-6-20)9-2-3-9/h1,4,7,9,20H,2-3,5-6H2,(H,18,21). The largest absolute Gasteiger partial charge is 0.416 e. The number of halogens is 4. The van der Waals surface area contributed by atoms with Crippen LogP contribution in [0.25, 0.3) is 0 Å². The molecule has 8 heteroatoms. The van der Waals surface area contributed by atoms with Crippen molar-refractivity contribution in [2.45, 2.75) is 25.1 Å². The molecule has 0 heterocycles. The Morgan fingerprint density at radius 3 is 2.57 bits per heavy atom. The molecule has 0 aromatic heterocycles. The first kappa shape index (κ1) is 15.9. The van der Waals surface area contributed by atoms with Gasteiger partial charge in [0.15, 0.2) is 0 Å². The van der Waals surface area contributed by atoms with E-state index in [4.69, 9.17) is 16.7 Å². The number of alkyl halides is 3. The molecule has 1 aliphatic carbocycles. The molecular formula is C13H14ClF3N2O2. The Morgan fingerprint density at radius 2 is 2.10 bits per heavy atom. The average molecular weight is 323 g/mol. The minimum Gasteiger partial charge on any atom is -0.395 e. The molecule has 1 fully saturated rings. The molecule has 116 valence electrons. The minimum absolute atomic E-state index is 0.0744. The topological polar surface area (TPSA) is 52.6 Å². The number of carbonyl (C=O) groups excluding carboxylic acids is 1. The highest BCUT2D eigenvalue weighted by Crippen LogP contribution is 2.34. The van der Waals surface area contributed by atoms with Crippen LogP contribution in [-0.2, 0) is 6.18 Å². The number of urea groups is 1. The third-order valence-corrected chi connectivity index (χ3v) is 3.44. The SMILES string of the molecule is O=C(Nc1ccc(C(F)(F)F)cc1Cl)N(CCO)C1CC1. The van der Waals surface area contributed by atoms with Gasteiger partial charge in [-0.25, -0.2) is 4.79 Å². The number of aliphatic hydroxyl groups excluding tert-OH is 1. The number of nitrogens with one attached hydrogen (secondary N) is 1. The maximum atomic E-state index is 12.5. The fourth-order valence-electron chi connectivity index (χ4n) is 1.92. The van der Waals surface area contributed by atoms with E-state index in [2.05, 4.69) is 5.32 Å². The van der Waals surface area contributed by atoms with Crippen molar-refractivity contribution < 1.29 is 23.1 Å². The van der Waals surface area contributed by atoms with Crippen LogP contribution in [0.5, 0.6) is 0 Å². The summed E-state index contributed by atoms with van der Waals surface area (Å²) in [4.78, 5) is 13.5. The van der Waals surface area contributed by atoms with Gasteiger partial charge in [-0.3, -0.25) is 0 Å². The van der Waals surface area contributed by atoms with Crippen LogP contribution >= 0.6 is 11.6 Å². The number of rotatable bonds is 4. The second-order valence-corrected chi connectivity index (χ2v) is 5.18. The molecule has 0 bridgehead atoms. The summed E-state index contributed by atoms with van der Waals surface area (Å²) in [6.45, 7) is -0.000578. The van der Waals surface area contributed by atoms with Gasteiger partial charge >= 0.3 is 12.2 Å². The molecule has 1 saturated carbocycles. The maximum absolute atomic E-state index is 12.5. The van der Waals surface area contributed by atoms with Crippen LogP contribution in [0, 0.1) is 0 Å². The Balaban J connectivity index is 2.10. The second kappa shape index (κ2) is 6.11. The van der Waals surface area contributed by atoms with Gasteiger partial charge in [-0.1, -0.05) is 11.6 Å². The van der Waals surface area contributed by atoms with E-state index in [0.717, 1.165) is 31.0 Å². The lowest BCUT2D eigenvalue weighted by Crippen LogP contribution is -2.38. The van der Waals surface area contributed by atoms with Gasteiger partial charge in [-0.05, 0) is 31.0 Å². The minimum atomic E-state index is -4.48. The van der Waals surface area contributed by atoms with Crippen LogP contribution < -0.4 is 5.32 Å². The Kier molecular flexibility index (Phi) is 4.63. The van der Waals surface area contributed by atoms with Crippen LogP contribution in [0.4, 0.5) is 23.7 Å². The van der Waals surface area contributed by atoms with Gasteiger partial charge in [0.25, 0.3) is 0 Å². The van der Waals surface area contributed by atoms with Gasteiger partial charge in [0, 0.05) is 12.6 Å². The number of anilines is 1. The van der Waals surface area contributed by atoms with Gasteiger partial charge in [0.1, 0.15) is 0 Å². The molecule has 2 amide bonds. The van der Waals surface area contributed by atoms with E-state index in [9.17, 15) is 18.0 Å². The Labute approximate surface area is 124 Å². The fraction of sp³-hybridized carbons (Fsp3) is 0.462. The van der Waals surface area contributed by atoms with Crippen LogP contribution in [0.2, 0.25) is 5.02 Å².